The summed E-state index contributed by atoms with van der Waals surface area (Å²) in [5, 5.41) is 14.2. The van der Waals surface area contributed by atoms with Gasteiger partial charge in [-0.15, -0.1) is 0 Å². The van der Waals surface area contributed by atoms with E-state index in [1.54, 1.807) is 4.90 Å². The number of amides is 1. The van der Waals surface area contributed by atoms with E-state index in [0.717, 1.165) is 31.0 Å². The molecule has 3 aliphatic rings. The second-order valence-electron chi connectivity index (χ2n) is 14.6. The third-order valence-electron chi connectivity index (χ3n) is 10.3. The zero-order chi connectivity index (χ0) is 41.1. The van der Waals surface area contributed by atoms with Gasteiger partial charge in [-0.05, 0) is 68.5 Å². The van der Waals surface area contributed by atoms with Crippen LogP contribution >= 0.6 is 0 Å². The molecular weight excluding hydrogens is 747 g/mol. The van der Waals surface area contributed by atoms with Gasteiger partial charge in [-0.3, -0.25) is 14.9 Å². The van der Waals surface area contributed by atoms with E-state index >= 15 is 0 Å². The van der Waals surface area contributed by atoms with E-state index in [9.17, 15) is 32.1 Å². The van der Waals surface area contributed by atoms with Gasteiger partial charge in [0.05, 0.1) is 27.9 Å². The van der Waals surface area contributed by atoms with Gasteiger partial charge in [-0.2, -0.15) is 4.31 Å². The van der Waals surface area contributed by atoms with Crippen LogP contribution in [0.15, 0.2) is 157 Å². The van der Waals surface area contributed by atoms with Crippen LogP contribution in [0.25, 0.3) is 0 Å². The second-order valence-corrected chi connectivity index (χ2v) is 16.5. The molecule has 57 heavy (non-hydrogen) atoms. The molecule has 0 spiro atoms. The first kappa shape index (κ1) is 42.8. The highest BCUT2D eigenvalue weighted by molar-refractivity contribution is 7.89. The number of rotatable bonds is 8. The number of non-ortho nitro benzene ring substituents is 1. The first-order valence-electron chi connectivity index (χ1n) is 19.0. The van der Waals surface area contributed by atoms with Crippen molar-refractivity contribution in [2.75, 3.05) is 19.6 Å². The zero-order valence-corrected chi connectivity index (χ0v) is 33.3. The summed E-state index contributed by atoms with van der Waals surface area (Å²) in [7, 11) is -3.74. The van der Waals surface area contributed by atoms with Gasteiger partial charge in [0.15, 0.2) is 0 Å². The molecule has 7 rings (SSSR count). The third-order valence-corrected chi connectivity index (χ3v) is 12.2. The van der Waals surface area contributed by atoms with E-state index in [2.05, 4.69) is 47.8 Å². The van der Waals surface area contributed by atoms with Crippen LogP contribution in [0.3, 0.4) is 0 Å². The molecule has 0 aromatic heterocycles. The Hall–Kier alpha value is -5.30. The van der Waals surface area contributed by atoms with Crippen LogP contribution < -0.4 is 5.32 Å². The Kier molecular flexibility index (Phi) is 14.5. The molecule has 0 unspecified atom stereocenters. The van der Waals surface area contributed by atoms with E-state index < -0.39 is 32.2 Å². The van der Waals surface area contributed by atoms with Gasteiger partial charge in [0, 0.05) is 32.1 Å². The highest BCUT2D eigenvalue weighted by Crippen LogP contribution is 2.40. The molecule has 9 nitrogen and oxygen atoms in total. The predicted octanol–water partition coefficient (Wildman–Crippen LogP) is 9.76. The smallest absolute Gasteiger partial charge is 0.269 e. The lowest BCUT2D eigenvalue weighted by atomic mass is 9.83. The molecule has 0 radical (unpaired) electrons. The van der Waals surface area contributed by atoms with Crippen LogP contribution in [-0.2, 0) is 14.8 Å². The molecule has 4 aromatic carbocycles. The molecule has 0 fully saturated rings. The molecular formula is C45H50F2N4O5S. The van der Waals surface area contributed by atoms with Crippen LogP contribution in [0.5, 0.6) is 0 Å². The minimum atomic E-state index is -3.74. The Morgan fingerprint density at radius 1 is 0.702 bits per heavy atom. The highest BCUT2D eigenvalue weighted by atomic mass is 32.2. The SMILES string of the molecule is C1=C[C@@H](c2ccccc2)NCC1.CC(F)(F)C(C)(C)C(=O)N1CCC=C[C@H]1c1ccccc1.O=[N+]([O-])c1ccc(S(=O)(=O)N2CCC=C[C@H]2c2ccccc2)cc1. The number of benzene rings is 4. The molecule has 1 N–H and O–H groups in total. The first-order valence-corrected chi connectivity index (χ1v) is 20.5. The number of sulfonamides is 1. The molecule has 3 atom stereocenters. The van der Waals surface area contributed by atoms with Crippen molar-refractivity contribution in [2.45, 2.75) is 69.0 Å². The van der Waals surface area contributed by atoms with Crippen molar-refractivity contribution in [1.29, 1.82) is 0 Å². The summed E-state index contributed by atoms with van der Waals surface area (Å²) < 4.78 is 54.9. The number of nitrogens with zero attached hydrogens (tertiary/aromatic N) is 3. The summed E-state index contributed by atoms with van der Waals surface area (Å²) in [5.41, 5.74) is 1.34. The van der Waals surface area contributed by atoms with Gasteiger partial charge in [0.25, 0.3) is 11.6 Å². The molecule has 3 heterocycles. The standard InChI is InChI=1S/C17H21F2NO.C17H16N2O4S.C11H13N/c1-16(2,17(3,18)19)15(21)20-12-8-7-11-14(20)13-9-5-4-6-10-13;20-19(21)15-9-11-16(12-10-15)24(22,23)18-13-5-4-8-17(18)14-6-2-1-3-7-14;1-2-6-10(7-3-1)11-8-4-5-9-12-11/h4-7,9-11,14H,8,12H2,1-3H3;1-4,6-12,17H,5,13H2;1-4,6-8,11-12H,5,9H2/t14-;17-;11-/m000/s1. The van der Waals surface area contributed by atoms with Crippen molar-refractivity contribution in [3.8, 4) is 0 Å². The van der Waals surface area contributed by atoms with Gasteiger partial charge < -0.3 is 10.2 Å². The fraction of sp³-hybridized carbons (Fsp3) is 0.311. The maximum atomic E-state index is 13.8. The van der Waals surface area contributed by atoms with E-state index in [1.165, 1.54) is 48.0 Å². The van der Waals surface area contributed by atoms with Crippen LogP contribution in [0.1, 0.15) is 74.8 Å². The number of carbonyl (C=O) groups is 1. The third kappa shape index (κ3) is 10.8. The summed E-state index contributed by atoms with van der Waals surface area (Å²) in [6.07, 6.45) is 14.7. The van der Waals surface area contributed by atoms with Crippen LogP contribution in [0, 0.1) is 15.5 Å². The maximum absolute atomic E-state index is 13.8. The molecule has 0 aliphatic carbocycles. The number of hydrogen-bond donors (Lipinski definition) is 1. The van der Waals surface area contributed by atoms with Crippen molar-refractivity contribution in [2.24, 2.45) is 5.41 Å². The molecule has 4 aromatic rings. The summed E-state index contributed by atoms with van der Waals surface area (Å²) >= 11 is 0. The van der Waals surface area contributed by atoms with Gasteiger partial charge in [-0.25, -0.2) is 17.2 Å². The van der Waals surface area contributed by atoms with E-state index in [1.807, 2.05) is 85.0 Å². The van der Waals surface area contributed by atoms with Crippen molar-refractivity contribution in [3.63, 3.8) is 0 Å². The molecule has 3 aliphatic heterocycles. The molecule has 12 heteroatoms. The zero-order valence-electron chi connectivity index (χ0n) is 32.5. The number of halogens is 2. The normalized spacial score (nSPS) is 19.7. The van der Waals surface area contributed by atoms with E-state index in [-0.39, 0.29) is 22.7 Å². The number of hydrogen-bond acceptors (Lipinski definition) is 6. The lowest BCUT2D eigenvalue weighted by molar-refractivity contribution is -0.384. The maximum Gasteiger partial charge on any atom is 0.269 e. The van der Waals surface area contributed by atoms with E-state index in [0.29, 0.717) is 32.0 Å². The predicted molar refractivity (Wildman–Crippen MR) is 220 cm³/mol. The van der Waals surface area contributed by atoms with Gasteiger partial charge in [-0.1, -0.05) is 127 Å². The van der Waals surface area contributed by atoms with Crippen molar-refractivity contribution in [3.05, 3.63) is 179 Å². The average molecular weight is 797 g/mol. The highest BCUT2D eigenvalue weighted by Gasteiger charge is 2.50. The molecule has 0 bridgehead atoms. The van der Waals surface area contributed by atoms with Crippen LogP contribution in [-0.4, -0.2) is 54.0 Å². The van der Waals surface area contributed by atoms with Crippen molar-refractivity contribution < 1.29 is 26.9 Å². The first-order chi connectivity index (χ1) is 27.2. The van der Waals surface area contributed by atoms with Crippen LogP contribution in [0.2, 0.25) is 0 Å². The van der Waals surface area contributed by atoms with Gasteiger partial charge >= 0.3 is 0 Å². The Bertz CT molecular complexity index is 2120. The van der Waals surface area contributed by atoms with Crippen molar-refractivity contribution in [1.82, 2.24) is 14.5 Å². The number of nitro groups is 1. The number of alkyl halides is 2. The van der Waals surface area contributed by atoms with Crippen molar-refractivity contribution >= 4 is 21.6 Å². The summed E-state index contributed by atoms with van der Waals surface area (Å²) in [6.45, 7) is 5.37. The average Bonchev–Trinajstić information content (AvgIpc) is 3.25. The summed E-state index contributed by atoms with van der Waals surface area (Å²) in [6, 6.07) is 34.2. The number of nitro benzene ring substituents is 1. The Labute approximate surface area is 334 Å². The topological polar surface area (TPSA) is 113 Å². The fourth-order valence-electron chi connectivity index (χ4n) is 6.64. The minimum absolute atomic E-state index is 0.0596. The molecule has 300 valence electrons. The largest absolute Gasteiger partial charge is 0.331 e. The Balaban J connectivity index is 0.000000172. The Morgan fingerprint density at radius 3 is 1.70 bits per heavy atom. The minimum Gasteiger partial charge on any atom is -0.331 e. The lowest BCUT2D eigenvalue weighted by Crippen LogP contribution is -2.51. The number of carbonyl (C=O) groups excluding carboxylic acids is 1. The van der Waals surface area contributed by atoms with Gasteiger partial charge in [0.2, 0.25) is 15.9 Å². The lowest BCUT2D eigenvalue weighted by Gasteiger charge is -2.40. The number of nitrogens with one attached hydrogen (secondary N) is 1. The Morgan fingerprint density at radius 2 is 1.19 bits per heavy atom. The van der Waals surface area contributed by atoms with E-state index in [4.69, 9.17) is 0 Å². The second kappa shape index (κ2) is 19.2. The monoisotopic (exact) mass is 796 g/mol. The fourth-order valence-corrected chi connectivity index (χ4v) is 8.23. The molecule has 0 saturated heterocycles. The van der Waals surface area contributed by atoms with Crippen LogP contribution in [0.4, 0.5) is 14.5 Å². The summed E-state index contributed by atoms with van der Waals surface area (Å²) in [4.78, 5) is 24.5. The summed E-state index contributed by atoms with van der Waals surface area (Å²) in [5.74, 6) is -3.57. The quantitative estimate of drug-likeness (QED) is 0.108. The molecule has 0 saturated carbocycles. The molecule has 1 amide bonds. The van der Waals surface area contributed by atoms with Gasteiger partial charge in [0.1, 0.15) is 5.41 Å².